The van der Waals surface area contributed by atoms with E-state index in [0.717, 1.165) is 48.8 Å². The monoisotopic (exact) mass is 329 g/mol. The minimum atomic E-state index is 0.280. The maximum Gasteiger partial charge on any atom is 0.227 e. The summed E-state index contributed by atoms with van der Waals surface area (Å²) in [5.74, 6) is 0.777. The molecule has 1 aliphatic carbocycles. The molecule has 1 atom stereocenters. The van der Waals surface area contributed by atoms with Gasteiger partial charge in [-0.3, -0.25) is 0 Å². The van der Waals surface area contributed by atoms with Gasteiger partial charge < -0.3 is 10.1 Å². The summed E-state index contributed by atoms with van der Waals surface area (Å²) in [5, 5.41) is 9.02. The predicted octanol–water partition coefficient (Wildman–Crippen LogP) is 2.81. The summed E-state index contributed by atoms with van der Waals surface area (Å²) in [6.45, 7) is 1.65. The van der Waals surface area contributed by atoms with Crippen molar-refractivity contribution in [1.29, 1.82) is 0 Å². The molecule has 1 N–H and O–H groups in total. The molecule has 5 rings (SSSR count). The van der Waals surface area contributed by atoms with Crippen molar-refractivity contribution in [3.05, 3.63) is 16.8 Å². The van der Waals surface area contributed by atoms with Crippen molar-refractivity contribution in [3.8, 4) is 0 Å². The van der Waals surface area contributed by atoms with Crippen LogP contribution in [0.15, 0.2) is 6.33 Å². The van der Waals surface area contributed by atoms with E-state index in [1.165, 1.54) is 35.1 Å². The first-order valence-electron chi connectivity index (χ1n) is 8.39. The zero-order valence-corrected chi connectivity index (χ0v) is 13.7. The van der Waals surface area contributed by atoms with E-state index in [1.54, 1.807) is 6.33 Å². The first-order chi connectivity index (χ1) is 11.4. The molecule has 3 aromatic heterocycles. The number of hydrogen-bond acceptors (Lipinski definition) is 6. The smallest absolute Gasteiger partial charge is 0.227 e. The van der Waals surface area contributed by atoms with E-state index in [1.807, 2.05) is 15.9 Å². The van der Waals surface area contributed by atoms with E-state index in [2.05, 4.69) is 15.4 Å². The molecule has 0 spiro atoms. The van der Waals surface area contributed by atoms with Gasteiger partial charge in [-0.05, 0) is 44.1 Å². The van der Waals surface area contributed by atoms with E-state index in [9.17, 15) is 0 Å². The van der Waals surface area contributed by atoms with E-state index in [-0.39, 0.29) is 6.10 Å². The van der Waals surface area contributed by atoms with Gasteiger partial charge in [-0.1, -0.05) is 0 Å². The number of thiophene rings is 1. The first kappa shape index (κ1) is 13.7. The third-order valence-electron chi connectivity index (χ3n) is 4.84. The largest absolute Gasteiger partial charge is 0.376 e. The Balaban J connectivity index is 1.60. The number of aromatic nitrogens is 4. The Morgan fingerprint density at radius 2 is 2.26 bits per heavy atom. The predicted molar refractivity (Wildman–Crippen MR) is 90.3 cm³/mol. The van der Waals surface area contributed by atoms with Crippen molar-refractivity contribution in [2.45, 2.75) is 44.6 Å². The number of anilines is 1. The molecule has 0 bridgehead atoms. The third kappa shape index (κ3) is 2.21. The van der Waals surface area contributed by atoms with Gasteiger partial charge in [0.1, 0.15) is 11.2 Å². The summed E-state index contributed by atoms with van der Waals surface area (Å²) in [6, 6.07) is 0. The van der Waals surface area contributed by atoms with Crippen LogP contribution in [0.4, 0.5) is 5.95 Å². The fourth-order valence-corrected chi connectivity index (χ4v) is 4.95. The van der Waals surface area contributed by atoms with E-state index < -0.39 is 0 Å². The Hall–Kier alpha value is -1.73. The average molecular weight is 329 g/mol. The minimum Gasteiger partial charge on any atom is -0.376 e. The number of fused-ring (bicyclic) bond motifs is 5. The Kier molecular flexibility index (Phi) is 3.22. The topological polar surface area (TPSA) is 64.3 Å². The molecule has 6 nitrogen and oxygen atoms in total. The zero-order chi connectivity index (χ0) is 15.2. The molecule has 0 radical (unpaired) electrons. The van der Waals surface area contributed by atoms with Crippen molar-refractivity contribution >= 4 is 33.1 Å². The second-order valence-corrected chi connectivity index (χ2v) is 7.42. The van der Waals surface area contributed by atoms with Gasteiger partial charge in [0.2, 0.25) is 5.95 Å². The Bertz CT molecular complexity index is 864. The number of nitrogens with zero attached hydrogens (tertiary/aromatic N) is 4. The van der Waals surface area contributed by atoms with Gasteiger partial charge in [0.05, 0.1) is 11.5 Å². The van der Waals surface area contributed by atoms with Crippen LogP contribution < -0.4 is 5.32 Å². The molecule has 2 aliphatic rings. The third-order valence-corrected chi connectivity index (χ3v) is 6.03. The lowest BCUT2D eigenvalue weighted by Gasteiger charge is -2.13. The van der Waals surface area contributed by atoms with Crippen LogP contribution in [0.3, 0.4) is 0 Å². The lowest BCUT2D eigenvalue weighted by atomic mass is 9.97. The van der Waals surface area contributed by atoms with Crippen LogP contribution in [0.2, 0.25) is 0 Å². The molecule has 1 aliphatic heterocycles. The van der Waals surface area contributed by atoms with Crippen LogP contribution in [0, 0.1) is 0 Å². The van der Waals surface area contributed by atoms with Crippen LogP contribution in [0.25, 0.3) is 15.9 Å². The van der Waals surface area contributed by atoms with Crippen molar-refractivity contribution < 1.29 is 4.74 Å². The van der Waals surface area contributed by atoms with Crippen molar-refractivity contribution in [2.24, 2.45) is 0 Å². The van der Waals surface area contributed by atoms with E-state index >= 15 is 0 Å². The van der Waals surface area contributed by atoms with Gasteiger partial charge in [0.15, 0.2) is 5.65 Å². The molecule has 0 aromatic carbocycles. The molecule has 4 heterocycles. The van der Waals surface area contributed by atoms with Crippen LogP contribution in [-0.4, -0.2) is 38.8 Å². The fraction of sp³-hybridized carbons (Fsp3) is 0.562. The highest BCUT2D eigenvalue weighted by atomic mass is 32.1. The highest BCUT2D eigenvalue weighted by molar-refractivity contribution is 7.19. The van der Waals surface area contributed by atoms with Gasteiger partial charge in [0.25, 0.3) is 0 Å². The molecule has 0 saturated carbocycles. The highest BCUT2D eigenvalue weighted by Crippen LogP contribution is 2.37. The lowest BCUT2D eigenvalue weighted by molar-refractivity contribution is 0.120. The van der Waals surface area contributed by atoms with Gasteiger partial charge in [-0.15, -0.1) is 11.3 Å². The Morgan fingerprint density at radius 1 is 1.30 bits per heavy atom. The molecular weight excluding hydrogens is 310 g/mol. The summed E-state index contributed by atoms with van der Waals surface area (Å²) in [7, 11) is 0. The lowest BCUT2D eigenvalue weighted by Crippen LogP contribution is -2.20. The average Bonchev–Trinajstić information content (AvgIpc) is 3.30. The molecule has 120 valence electrons. The molecule has 7 heteroatoms. The maximum absolute atomic E-state index is 5.69. The van der Waals surface area contributed by atoms with Crippen LogP contribution in [-0.2, 0) is 17.6 Å². The second-order valence-electron chi connectivity index (χ2n) is 6.34. The minimum absolute atomic E-state index is 0.280. The molecule has 23 heavy (non-hydrogen) atoms. The van der Waals surface area contributed by atoms with Crippen LogP contribution in [0.5, 0.6) is 0 Å². The van der Waals surface area contributed by atoms with Gasteiger partial charge >= 0.3 is 0 Å². The zero-order valence-electron chi connectivity index (χ0n) is 12.9. The summed E-state index contributed by atoms with van der Waals surface area (Å²) < 4.78 is 7.54. The fourth-order valence-electron chi connectivity index (χ4n) is 3.70. The van der Waals surface area contributed by atoms with Crippen molar-refractivity contribution in [1.82, 2.24) is 19.6 Å². The SMILES string of the molecule is c1nc2c3c4c(sc3nc(NC[C@H]3CCCO3)n2n1)CCCC4. The number of ether oxygens (including phenoxy) is 1. The molecule has 1 fully saturated rings. The number of rotatable bonds is 3. The molecule has 0 amide bonds. The van der Waals surface area contributed by atoms with E-state index in [4.69, 9.17) is 9.72 Å². The standard InChI is InChI=1S/C16H19N5OS/c1-2-6-12-11(5-1)13-14-18-9-19-21(14)16(20-15(13)23-12)17-8-10-4-3-7-22-10/h9-10H,1-8H2,(H,17,20)/t10-/m1/s1. The first-order valence-corrected chi connectivity index (χ1v) is 9.21. The summed E-state index contributed by atoms with van der Waals surface area (Å²) in [5.41, 5.74) is 2.39. The number of aryl methyl sites for hydroxylation is 2. The van der Waals surface area contributed by atoms with Crippen LogP contribution in [0.1, 0.15) is 36.1 Å². The maximum atomic E-state index is 5.69. The van der Waals surface area contributed by atoms with Crippen molar-refractivity contribution in [2.75, 3.05) is 18.5 Å². The highest BCUT2D eigenvalue weighted by Gasteiger charge is 2.22. The molecular formula is C16H19N5OS. The van der Waals surface area contributed by atoms with Gasteiger partial charge in [-0.2, -0.15) is 9.61 Å². The Morgan fingerprint density at radius 3 is 3.17 bits per heavy atom. The summed E-state index contributed by atoms with van der Waals surface area (Å²) in [4.78, 5) is 11.9. The molecule has 1 saturated heterocycles. The molecule has 0 unspecified atom stereocenters. The number of nitrogens with one attached hydrogen (secondary N) is 1. The van der Waals surface area contributed by atoms with Crippen LogP contribution >= 0.6 is 11.3 Å². The number of hydrogen-bond donors (Lipinski definition) is 1. The van der Waals surface area contributed by atoms with Gasteiger partial charge in [0, 0.05) is 18.0 Å². The Labute approximate surface area is 137 Å². The summed E-state index contributed by atoms with van der Waals surface area (Å²) >= 11 is 1.83. The van der Waals surface area contributed by atoms with Gasteiger partial charge in [-0.25, -0.2) is 9.97 Å². The second kappa shape index (κ2) is 5.42. The van der Waals surface area contributed by atoms with E-state index in [0.29, 0.717) is 0 Å². The van der Waals surface area contributed by atoms with Crippen molar-refractivity contribution in [3.63, 3.8) is 0 Å². The quantitative estimate of drug-likeness (QED) is 0.800. The summed E-state index contributed by atoms with van der Waals surface area (Å²) in [6.07, 6.45) is 9.03. The molecule has 3 aromatic rings. The normalized spacial score (nSPS) is 21.1.